The fraction of sp³-hybridized carbons (Fsp3) is 0.429. The number of para-hydroxylation sites is 1. The minimum absolute atomic E-state index is 0.170. The summed E-state index contributed by atoms with van der Waals surface area (Å²) in [5, 5.41) is 3.35. The van der Waals surface area contributed by atoms with E-state index in [1.54, 1.807) is 19.4 Å². The summed E-state index contributed by atoms with van der Waals surface area (Å²) in [6.07, 6.45) is 4.97. The highest BCUT2D eigenvalue weighted by atomic mass is 16.2. The Hall–Kier alpha value is -3.16. The van der Waals surface area contributed by atoms with Gasteiger partial charge in [0.15, 0.2) is 5.96 Å². The number of fused-ring (bicyclic) bond motifs is 1. The van der Waals surface area contributed by atoms with Crippen LogP contribution in [0.1, 0.15) is 12.0 Å². The number of hydrogen-bond acceptors (Lipinski definition) is 5. The lowest BCUT2D eigenvalue weighted by Gasteiger charge is -2.34. The zero-order chi connectivity index (χ0) is 20.1. The van der Waals surface area contributed by atoms with Gasteiger partial charge in [-0.3, -0.25) is 9.79 Å². The van der Waals surface area contributed by atoms with Crippen molar-refractivity contribution < 1.29 is 4.79 Å². The lowest BCUT2D eigenvalue weighted by molar-refractivity contribution is -0.131. The summed E-state index contributed by atoms with van der Waals surface area (Å²) >= 11 is 0. The number of hydrogen-bond donors (Lipinski definition) is 1. The number of benzene rings is 1. The molecule has 2 aliphatic rings. The molecular formula is C21H27N7O. The smallest absolute Gasteiger partial charge is 0.225 e. The SMILES string of the molecule is CN=C(NCCC(=O)N1CCN(c2ncccn2)CC1)N1CCc2ccccc21. The summed E-state index contributed by atoms with van der Waals surface area (Å²) in [6.45, 7) is 4.41. The van der Waals surface area contributed by atoms with Crippen molar-refractivity contribution in [1.29, 1.82) is 0 Å². The van der Waals surface area contributed by atoms with Gasteiger partial charge in [-0.2, -0.15) is 0 Å². The van der Waals surface area contributed by atoms with E-state index in [-0.39, 0.29) is 5.91 Å². The maximum atomic E-state index is 12.6. The highest BCUT2D eigenvalue weighted by molar-refractivity contribution is 5.98. The predicted molar refractivity (Wildman–Crippen MR) is 114 cm³/mol. The normalized spacial score (nSPS) is 16.7. The van der Waals surface area contributed by atoms with Crippen molar-refractivity contribution in [3.8, 4) is 0 Å². The molecule has 1 amide bonds. The largest absolute Gasteiger partial charge is 0.355 e. The third kappa shape index (κ3) is 4.31. The van der Waals surface area contributed by atoms with Crippen molar-refractivity contribution in [2.75, 3.05) is 56.1 Å². The van der Waals surface area contributed by atoms with Gasteiger partial charge in [-0.05, 0) is 24.1 Å². The van der Waals surface area contributed by atoms with E-state index in [1.165, 1.54) is 11.3 Å². The number of nitrogens with zero attached hydrogens (tertiary/aromatic N) is 6. The van der Waals surface area contributed by atoms with Crippen LogP contribution in [0.3, 0.4) is 0 Å². The first kappa shape index (κ1) is 19.2. The molecule has 1 aromatic carbocycles. The molecule has 152 valence electrons. The van der Waals surface area contributed by atoms with Gasteiger partial charge in [0.05, 0.1) is 0 Å². The molecule has 0 spiro atoms. The third-order valence-electron chi connectivity index (χ3n) is 5.44. The monoisotopic (exact) mass is 393 g/mol. The maximum absolute atomic E-state index is 12.6. The lowest BCUT2D eigenvalue weighted by atomic mass is 10.2. The molecule has 2 aliphatic heterocycles. The molecule has 0 bridgehead atoms. The van der Waals surface area contributed by atoms with Gasteiger partial charge in [0.25, 0.3) is 0 Å². The van der Waals surface area contributed by atoms with E-state index in [4.69, 9.17) is 0 Å². The minimum atomic E-state index is 0.170. The van der Waals surface area contributed by atoms with E-state index < -0.39 is 0 Å². The molecule has 1 saturated heterocycles. The Morgan fingerprint density at radius 2 is 1.83 bits per heavy atom. The van der Waals surface area contributed by atoms with Gasteiger partial charge in [-0.1, -0.05) is 18.2 Å². The number of aromatic nitrogens is 2. The maximum Gasteiger partial charge on any atom is 0.225 e. The Labute approximate surface area is 171 Å². The van der Waals surface area contributed by atoms with Crippen molar-refractivity contribution in [2.24, 2.45) is 4.99 Å². The standard InChI is InChI=1S/C21H27N7O/c1-22-20(28-12-8-17-5-2-3-6-18(17)28)25-11-7-19(29)26-13-15-27(16-14-26)21-23-9-4-10-24-21/h2-6,9-10H,7-8,11-16H2,1H3,(H,22,25). The summed E-state index contributed by atoms with van der Waals surface area (Å²) in [7, 11) is 1.79. The van der Waals surface area contributed by atoms with E-state index in [0.29, 0.717) is 26.1 Å². The predicted octanol–water partition coefficient (Wildman–Crippen LogP) is 1.15. The Kier molecular flexibility index (Phi) is 5.88. The van der Waals surface area contributed by atoms with Gasteiger partial charge in [-0.25, -0.2) is 9.97 Å². The molecule has 29 heavy (non-hydrogen) atoms. The molecular weight excluding hydrogens is 366 g/mol. The molecule has 1 fully saturated rings. The second-order valence-electron chi connectivity index (χ2n) is 7.17. The number of carbonyl (C=O) groups excluding carboxylic acids is 1. The summed E-state index contributed by atoms with van der Waals surface area (Å²) in [4.78, 5) is 31.8. The van der Waals surface area contributed by atoms with Crippen LogP contribution >= 0.6 is 0 Å². The molecule has 0 radical (unpaired) electrons. The average Bonchev–Trinajstić information content (AvgIpc) is 3.21. The van der Waals surface area contributed by atoms with E-state index in [0.717, 1.165) is 38.0 Å². The molecule has 3 heterocycles. The molecule has 8 nitrogen and oxygen atoms in total. The van der Waals surface area contributed by atoms with Crippen LogP contribution in [0.4, 0.5) is 11.6 Å². The zero-order valence-electron chi connectivity index (χ0n) is 16.8. The molecule has 1 N–H and O–H groups in total. The van der Waals surface area contributed by atoms with Crippen LogP contribution in [0.5, 0.6) is 0 Å². The fourth-order valence-electron chi connectivity index (χ4n) is 3.90. The quantitative estimate of drug-likeness (QED) is 0.620. The number of piperazine rings is 1. The second-order valence-corrected chi connectivity index (χ2v) is 7.17. The van der Waals surface area contributed by atoms with E-state index in [1.807, 2.05) is 17.0 Å². The second kappa shape index (κ2) is 8.89. The van der Waals surface area contributed by atoms with Gasteiger partial charge in [0.1, 0.15) is 0 Å². The third-order valence-corrected chi connectivity index (χ3v) is 5.44. The molecule has 0 atom stereocenters. The Morgan fingerprint density at radius 3 is 2.59 bits per heavy atom. The number of aliphatic imine (C=N–C) groups is 1. The molecule has 0 unspecified atom stereocenters. The number of rotatable bonds is 4. The van der Waals surface area contributed by atoms with E-state index in [2.05, 4.69) is 48.3 Å². The van der Waals surface area contributed by atoms with Crippen LogP contribution in [-0.4, -0.2) is 73.1 Å². The highest BCUT2D eigenvalue weighted by Crippen LogP contribution is 2.27. The number of guanidine groups is 1. The number of nitrogens with one attached hydrogen (secondary N) is 1. The first-order chi connectivity index (χ1) is 14.3. The average molecular weight is 393 g/mol. The first-order valence-corrected chi connectivity index (χ1v) is 10.1. The van der Waals surface area contributed by atoms with Gasteiger partial charge in [0, 0.05) is 70.8 Å². The van der Waals surface area contributed by atoms with Crippen molar-refractivity contribution in [2.45, 2.75) is 12.8 Å². The van der Waals surface area contributed by atoms with Crippen LogP contribution in [0.25, 0.3) is 0 Å². The van der Waals surface area contributed by atoms with Crippen LogP contribution in [0.2, 0.25) is 0 Å². The van der Waals surface area contributed by atoms with Crippen molar-refractivity contribution >= 4 is 23.5 Å². The summed E-state index contributed by atoms with van der Waals surface area (Å²) in [5.74, 6) is 1.73. The zero-order valence-corrected chi connectivity index (χ0v) is 16.8. The summed E-state index contributed by atoms with van der Waals surface area (Å²) < 4.78 is 0. The molecule has 0 aliphatic carbocycles. The van der Waals surface area contributed by atoms with E-state index >= 15 is 0 Å². The van der Waals surface area contributed by atoms with Crippen LogP contribution in [-0.2, 0) is 11.2 Å². The molecule has 2 aromatic rings. The van der Waals surface area contributed by atoms with Gasteiger partial charge in [0.2, 0.25) is 11.9 Å². The number of amides is 1. The lowest BCUT2D eigenvalue weighted by Crippen LogP contribution is -2.50. The molecule has 8 heteroatoms. The molecule has 4 rings (SSSR count). The molecule has 1 aromatic heterocycles. The van der Waals surface area contributed by atoms with Crippen LogP contribution < -0.4 is 15.1 Å². The first-order valence-electron chi connectivity index (χ1n) is 10.1. The highest BCUT2D eigenvalue weighted by Gasteiger charge is 2.24. The van der Waals surface area contributed by atoms with Crippen LogP contribution in [0.15, 0.2) is 47.7 Å². The summed E-state index contributed by atoms with van der Waals surface area (Å²) in [5.41, 5.74) is 2.54. The molecule has 0 saturated carbocycles. The van der Waals surface area contributed by atoms with Crippen molar-refractivity contribution in [1.82, 2.24) is 20.2 Å². The van der Waals surface area contributed by atoms with E-state index in [9.17, 15) is 4.79 Å². The van der Waals surface area contributed by atoms with Gasteiger partial charge < -0.3 is 20.0 Å². The number of carbonyl (C=O) groups is 1. The topological polar surface area (TPSA) is 77.0 Å². The van der Waals surface area contributed by atoms with Crippen LogP contribution in [0, 0.1) is 0 Å². The van der Waals surface area contributed by atoms with Crippen molar-refractivity contribution in [3.63, 3.8) is 0 Å². The Balaban J connectivity index is 1.24. The van der Waals surface area contributed by atoms with Crippen molar-refractivity contribution in [3.05, 3.63) is 48.3 Å². The fourth-order valence-corrected chi connectivity index (χ4v) is 3.90. The minimum Gasteiger partial charge on any atom is -0.355 e. The Morgan fingerprint density at radius 1 is 1.07 bits per heavy atom. The Bertz CT molecular complexity index is 862. The van der Waals surface area contributed by atoms with Gasteiger partial charge in [-0.15, -0.1) is 0 Å². The number of anilines is 2. The summed E-state index contributed by atoms with van der Waals surface area (Å²) in [6, 6.07) is 10.2. The van der Waals surface area contributed by atoms with Gasteiger partial charge >= 0.3 is 0 Å².